The Morgan fingerprint density at radius 1 is 1.33 bits per heavy atom. The summed E-state index contributed by atoms with van der Waals surface area (Å²) in [6, 6.07) is 9.46. The van der Waals surface area contributed by atoms with Gasteiger partial charge in [-0.3, -0.25) is 4.98 Å². The van der Waals surface area contributed by atoms with Gasteiger partial charge in [-0.15, -0.1) is 0 Å². The molecule has 0 radical (unpaired) electrons. The molecule has 1 fully saturated rings. The number of halogens is 1. The van der Waals surface area contributed by atoms with Crippen molar-refractivity contribution in [1.82, 2.24) is 9.29 Å². The predicted octanol–water partition coefficient (Wildman–Crippen LogP) is 3.51. The summed E-state index contributed by atoms with van der Waals surface area (Å²) in [5, 5.41) is 0.0921. The van der Waals surface area contributed by atoms with Crippen LogP contribution in [0.4, 0.5) is 0 Å². The zero-order valence-electron chi connectivity index (χ0n) is 15.0. The number of rotatable bonds is 5. The minimum atomic E-state index is -3.77. The molecule has 6 nitrogen and oxygen atoms in total. The molecule has 1 atom stereocenters. The van der Waals surface area contributed by atoms with E-state index < -0.39 is 16.0 Å². The lowest BCUT2D eigenvalue weighted by molar-refractivity contribution is 0.0467. The van der Waals surface area contributed by atoms with Crippen molar-refractivity contribution in [3.8, 4) is 0 Å². The van der Waals surface area contributed by atoms with E-state index in [1.807, 2.05) is 6.92 Å². The molecule has 2 heterocycles. The molecule has 144 valence electrons. The molecule has 1 unspecified atom stereocenters. The summed E-state index contributed by atoms with van der Waals surface area (Å²) in [4.78, 5) is 16.4. The van der Waals surface area contributed by atoms with Gasteiger partial charge in [0.15, 0.2) is 0 Å². The zero-order chi connectivity index (χ0) is 19.4. The van der Waals surface area contributed by atoms with E-state index in [2.05, 4.69) is 4.98 Å². The molecule has 27 heavy (non-hydrogen) atoms. The van der Waals surface area contributed by atoms with Crippen molar-refractivity contribution in [3.05, 3.63) is 58.9 Å². The molecule has 0 bridgehead atoms. The fraction of sp³-hybridized carbons (Fsp3) is 0.368. The van der Waals surface area contributed by atoms with Gasteiger partial charge in [0.1, 0.15) is 11.5 Å². The standard InChI is InChI=1S/C19H21ClN2O4S/c1-14-5-4-10-22(12-14)27(24,25)18-11-15(7-8-17(18)20)19(23)26-13-16-6-2-3-9-21-16/h2-3,6-9,11,14H,4-5,10,12-13H2,1H3. The average molecular weight is 409 g/mol. The van der Waals surface area contributed by atoms with Gasteiger partial charge >= 0.3 is 5.97 Å². The highest BCUT2D eigenvalue weighted by Gasteiger charge is 2.31. The minimum Gasteiger partial charge on any atom is -0.456 e. The molecule has 3 rings (SSSR count). The molecule has 1 aromatic heterocycles. The Morgan fingerprint density at radius 3 is 2.85 bits per heavy atom. The Kier molecular flexibility index (Phi) is 6.14. The summed E-state index contributed by atoms with van der Waals surface area (Å²) in [6.45, 7) is 2.94. The number of sulfonamides is 1. The fourth-order valence-corrected chi connectivity index (χ4v) is 5.14. The topological polar surface area (TPSA) is 76.6 Å². The maximum Gasteiger partial charge on any atom is 0.338 e. The van der Waals surface area contributed by atoms with Crippen LogP contribution in [0.1, 0.15) is 35.8 Å². The maximum absolute atomic E-state index is 13.0. The normalized spacial score (nSPS) is 18.2. The van der Waals surface area contributed by atoms with Crippen LogP contribution in [-0.4, -0.2) is 36.8 Å². The molecule has 0 aliphatic carbocycles. The van der Waals surface area contributed by atoms with E-state index in [1.54, 1.807) is 24.4 Å². The second-order valence-electron chi connectivity index (χ2n) is 6.65. The molecule has 1 aliphatic heterocycles. The summed E-state index contributed by atoms with van der Waals surface area (Å²) in [7, 11) is -3.77. The number of benzene rings is 1. The van der Waals surface area contributed by atoms with Crippen molar-refractivity contribution < 1.29 is 17.9 Å². The number of pyridine rings is 1. The first-order valence-corrected chi connectivity index (χ1v) is 10.6. The molecule has 2 aromatic rings. The lowest BCUT2D eigenvalue weighted by atomic mass is 10.0. The van der Waals surface area contributed by atoms with Gasteiger partial charge in [-0.2, -0.15) is 4.31 Å². The van der Waals surface area contributed by atoms with Crippen LogP contribution in [0.25, 0.3) is 0 Å². The summed E-state index contributed by atoms with van der Waals surface area (Å²) in [6.07, 6.45) is 3.42. The van der Waals surface area contributed by atoms with Crippen molar-refractivity contribution in [3.63, 3.8) is 0 Å². The zero-order valence-corrected chi connectivity index (χ0v) is 16.5. The van der Waals surface area contributed by atoms with Crippen LogP contribution < -0.4 is 0 Å². The third-order valence-corrected chi connectivity index (χ3v) is 6.83. The molecule has 0 saturated carbocycles. The number of ether oxygens (including phenoxy) is 1. The number of aromatic nitrogens is 1. The van der Waals surface area contributed by atoms with Crippen molar-refractivity contribution in [2.45, 2.75) is 31.3 Å². The van der Waals surface area contributed by atoms with Gasteiger partial charge in [-0.1, -0.05) is 24.6 Å². The van der Waals surface area contributed by atoms with E-state index in [-0.39, 0.29) is 22.1 Å². The van der Waals surface area contributed by atoms with E-state index in [0.717, 1.165) is 12.8 Å². The summed E-state index contributed by atoms with van der Waals surface area (Å²) in [5.41, 5.74) is 0.744. The highest BCUT2D eigenvalue weighted by molar-refractivity contribution is 7.89. The first-order chi connectivity index (χ1) is 12.9. The van der Waals surface area contributed by atoms with Crippen LogP contribution in [0, 0.1) is 5.92 Å². The van der Waals surface area contributed by atoms with Crippen LogP contribution in [0.2, 0.25) is 5.02 Å². The van der Waals surface area contributed by atoms with Gasteiger partial charge in [0.2, 0.25) is 10.0 Å². The van der Waals surface area contributed by atoms with Gasteiger partial charge in [-0.05, 0) is 49.1 Å². The molecular formula is C19H21ClN2O4S. The van der Waals surface area contributed by atoms with Crippen LogP contribution >= 0.6 is 11.6 Å². The lowest BCUT2D eigenvalue weighted by Gasteiger charge is -2.30. The molecule has 0 N–H and O–H groups in total. The molecule has 8 heteroatoms. The van der Waals surface area contributed by atoms with Crippen LogP contribution in [0.3, 0.4) is 0 Å². The number of piperidine rings is 1. The number of hydrogen-bond donors (Lipinski definition) is 0. The Labute approximate surface area is 164 Å². The van der Waals surface area contributed by atoms with Crippen LogP contribution in [-0.2, 0) is 21.4 Å². The predicted molar refractivity (Wildman–Crippen MR) is 102 cm³/mol. The summed E-state index contributed by atoms with van der Waals surface area (Å²) >= 11 is 6.15. The van der Waals surface area contributed by atoms with Gasteiger partial charge < -0.3 is 4.74 Å². The maximum atomic E-state index is 13.0. The number of esters is 1. The Bertz CT molecular complexity index is 919. The van der Waals surface area contributed by atoms with E-state index in [0.29, 0.717) is 24.7 Å². The molecule has 0 amide bonds. The highest BCUT2D eigenvalue weighted by atomic mass is 35.5. The van der Waals surface area contributed by atoms with Crippen molar-refractivity contribution in [2.75, 3.05) is 13.1 Å². The van der Waals surface area contributed by atoms with Gasteiger partial charge in [0.05, 0.1) is 16.3 Å². The van der Waals surface area contributed by atoms with Gasteiger partial charge in [0, 0.05) is 19.3 Å². The Morgan fingerprint density at radius 2 is 2.15 bits per heavy atom. The van der Waals surface area contributed by atoms with E-state index >= 15 is 0 Å². The first kappa shape index (κ1) is 19.8. The monoisotopic (exact) mass is 408 g/mol. The smallest absolute Gasteiger partial charge is 0.338 e. The average Bonchev–Trinajstić information content (AvgIpc) is 2.67. The van der Waals surface area contributed by atoms with Crippen molar-refractivity contribution in [2.24, 2.45) is 5.92 Å². The second kappa shape index (κ2) is 8.37. The lowest BCUT2D eigenvalue weighted by Crippen LogP contribution is -2.39. The fourth-order valence-electron chi connectivity index (χ4n) is 3.04. The van der Waals surface area contributed by atoms with E-state index in [9.17, 15) is 13.2 Å². The van der Waals surface area contributed by atoms with Crippen molar-refractivity contribution >= 4 is 27.6 Å². The molecule has 1 aliphatic rings. The van der Waals surface area contributed by atoms with Crippen LogP contribution in [0.15, 0.2) is 47.5 Å². The van der Waals surface area contributed by atoms with E-state index in [1.165, 1.54) is 22.5 Å². The molecule has 0 spiro atoms. The molecular weight excluding hydrogens is 388 g/mol. The summed E-state index contributed by atoms with van der Waals surface area (Å²) < 4.78 is 32.6. The van der Waals surface area contributed by atoms with Gasteiger partial charge in [-0.25, -0.2) is 13.2 Å². The third kappa shape index (κ3) is 4.66. The molecule has 1 saturated heterocycles. The first-order valence-electron chi connectivity index (χ1n) is 8.74. The summed E-state index contributed by atoms with van der Waals surface area (Å²) in [5.74, 6) is -0.334. The highest BCUT2D eigenvalue weighted by Crippen LogP contribution is 2.29. The number of hydrogen-bond acceptors (Lipinski definition) is 5. The number of carbonyl (C=O) groups is 1. The SMILES string of the molecule is CC1CCCN(S(=O)(=O)c2cc(C(=O)OCc3ccccn3)ccc2Cl)C1. The minimum absolute atomic E-state index is 0.00796. The van der Waals surface area contributed by atoms with Crippen LogP contribution in [0.5, 0.6) is 0 Å². The quantitative estimate of drug-likeness (QED) is 0.707. The third-order valence-electron chi connectivity index (χ3n) is 4.48. The second-order valence-corrected chi connectivity index (χ2v) is 8.97. The number of carbonyl (C=O) groups excluding carboxylic acids is 1. The van der Waals surface area contributed by atoms with E-state index in [4.69, 9.17) is 16.3 Å². The number of nitrogens with zero attached hydrogens (tertiary/aromatic N) is 2. The largest absolute Gasteiger partial charge is 0.456 e. The molecule has 1 aromatic carbocycles. The van der Waals surface area contributed by atoms with Gasteiger partial charge in [0.25, 0.3) is 0 Å². The Balaban J connectivity index is 1.80. The van der Waals surface area contributed by atoms with Crippen molar-refractivity contribution in [1.29, 1.82) is 0 Å². The Hall–Kier alpha value is -1.96.